The molecule has 1 amide bonds. The van der Waals surface area contributed by atoms with Gasteiger partial charge in [-0.3, -0.25) is 14.9 Å². The van der Waals surface area contributed by atoms with E-state index in [-0.39, 0.29) is 23.2 Å². The molecule has 144 valence electrons. The fourth-order valence-electron chi connectivity index (χ4n) is 2.44. The Morgan fingerprint density at radius 1 is 1.26 bits per heavy atom. The van der Waals surface area contributed by atoms with Crippen LogP contribution in [-0.4, -0.2) is 24.5 Å². The lowest BCUT2D eigenvalue weighted by Gasteiger charge is -2.17. The van der Waals surface area contributed by atoms with Gasteiger partial charge in [-0.05, 0) is 59.7 Å². The van der Waals surface area contributed by atoms with E-state index < -0.39 is 4.92 Å². The van der Waals surface area contributed by atoms with Crippen molar-refractivity contribution in [2.75, 3.05) is 13.7 Å². The van der Waals surface area contributed by atoms with E-state index in [1.165, 1.54) is 12.1 Å². The molecule has 0 fully saturated rings. The van der Waals surface area contributed by atoms with Gasteiger partial charge in [0.1, 0.15) is 0 Å². The van der Waals surface area contributed by atoms with Gasteiger partial charge in [-0.25, -0.2) is 0 Å². The predicted molar refractivity (Wildman–Crippen MR) is 110 cm³/mol. The molecule has 0 saturated carbocycles. The van der Waals surface area contributed by atoms with E-state index in [1.54, 1.807) is 13.2 Å². The first-order valence-electron chi connectivity index (χ1n) is 8.42. The highest BCUT2D eigenvalue weighted by atomic mass is 127. The summed E-state index contributed by atoms with van der Waals surface area (Å²) < 4.78 is 11.6. The van der Waals surface area contributed by atoms with Gasteiger partial charge in [-0.2, -0.15) is 0 Å². The highest BCUT2D eigenvalue weighted by Crippen LogP contribution is 2.30. The number of carbonyl (C=O) groups excluding carboxylic acids is 1. The largest absolute Gasteiger partial charge is 0.493 e. The van der Waals surface area contributed by atoms with Gasteiger partial charge < -0.3 is 14.8 Å². The van der Waals surface area contributed by atoms with E-state index in [1.807, 2.05) is 54.6 Å². The Morgan fingerprint density at radius 2 is 2.00 bits per heavy atom. The number of nitro benzene ring substituents is 1. The second kappa shape index (κ2) is 9.54. The van der Waals surface area contributed by atoms with Crippen LogP contribution in [0.3, 0.4) is 0 Å². The first-order chi connectivity index (χ1) is 12.9. The second-order valence-corrected chi connectivity index (χ2v) is 7.04. The summed E-state index contributed by atoms with van der Waals surface area (Å²) in [6.45, 7) is 4.45. The van der Waals surface area contributed by atoms with Crippen LogP contribution in [0.5, 0.6) is 11.5 Å². The molecular weight excluding hydrogens is 463 g/mol. The Kier molecular flexibility index (Phi) is 7.40. The van der Waals surface area contributed by atoms with Crippen LogP contribution >= 0.6 is 22.6 Å². The third-order valence-corrected chi connectivity index (χ3v) is 4.84. The van der Waals surface area contributed by atoms with Crippen LogP contribution < -0.4 is 14.8 Å². The summed E-state index contributed by atoms with van der Waals surface area (Å²) in [5, 5.41) is 13.8. The zero-order chi connectivity index (χ0) is 20.0. The summed E-state index contributed by atoms with van der Waals surface area (Å²) in [4.78, 5) is 23.0. The SMILES string of the molecule is CCCOc1ccc(C(C)NC(=O)c2cc([N+](=O)[O-])ccc2I)cc1OC. The van der Waals surface area contributed by atoms with Crippen molar-refractivity contribution in [2.45, 2.75) is 26.3 Å². The van der Waals surface area contributed by atoms with Crippen LogP contribution in [0.15, 0.2) is 36.4 Å². The predicted octanol–water partition coefficient (Wildman–Crippen LogP) is 4.49. The molecule has 1 N–H and O–H groups in total. The minimum atomic E-state index is -0.518. The average molecular weight is 484 g/mol. The molecule has 27 heavy (non-hydrogen) atoms. The first-order valence-corrected chi connectivity index (χ1v) is 9.50. The summed E-state index contributed by atoms with van der Waals surface area (Å²) in [6, 6.07) is 9.38. The van der Waals surface area contributed by atoms with Crippen molar-refractivity contribution in [2.24, 2.45) is 0 Å². The molecular formula is C19H21IN2O5. The van der Waals surface area contributed by atoms with Gasteiger partial charge in [-0.15, -0.1) is 0 Å². The number of non-ortho nitro benzene ring substituents is 1. The maximum absolute atomic E-state index is 12.6. The number of amides is 1. The summed E-state index contributed by atoms with van der Waals surface area (Å²) in [5.74, 6) is 0.864. The summed E-state index contributed by atoms with van der Waals surface area (Å²) >= 11 is 1.99. The van der Waals surface area contributed by atoms with Crippen LogP contribution in [0.1, 0.15) is 42.2 Å². The van der Waals surface area contributed by atoms with Gasteiger partial charge in [0.15, 0.2) is 11.5 Å². The number of benzene rings is 2. The van der Waals surface area contributed by atoms with Crippen molar-refractivity contribution in [1.29, 1.82) is 0 Å². The third kappa shape index (κ3) is 5.31. The number of halogens is 1. The second-order valence-electron chi connectivity index (χ2n) is 5.88. The molecule has 1 atom stereocenters. The van der Waals surface area contributed by atoms with Crippen LogP contribution in [0.2, 0.25) is 0 Å². The molecule has 0 bridgehead atoms. The van der Waals surface area contributed by atoms with Crippen molar-refractivity contribution >= 4 is 34.2 Å². The molecule has 8 heteroatoms. The Morgan fingerprint density at radius 3 is 2.63 bits per heavy atom. The topological polar surface area (TPSA) is 90.7 Å². The molecule has 0 saturated heterocycles. The van der Waals surface area contributed by atoms with Crippen molar-refractivity contribution in [3.63, 3.8) is 0 Å². The number of carbonyl (C=O) groups is 1. The minimum Gasteiger partial charge on any atom is -0.493 e. The lowest BCUT2D eigenvalue weighted by atomic mass is 10.1. The van der Waals surface area contributed by atoms with Gasteiger partial charge in [0.2, 0.25) is 0 Å². The van der Waals surface area contributed by atoms with Crippen LogP contribution in [0.4, 0.5) is 5.69 Å². The maximum Gasteiger partial charge on any atom is 0.270 e. The molecule has 7 nitrogen and oxygen atoms in total. The third-order valence-electron chi connectivity index (χ3n) is 3.90. The standard InChI is InChI=1S/C19H21IN2O5/c1-4-9-27-17-8-5-13(10-18(17)26-3)12(2)21-19(23)15-11-14(22(24)25)6-7-16(15)20/h5-8,10-12H,4,9H2,1-3H3,(H,21,23). The summed E-state index contributed by atoms with van der Waals surface area (Å²) in [6.07, 6.45) is 0.888. The molecule has 0 aromatic heterocycles. The number of rotatable bonds is 8. The fraction of sp³-hybridized carbons (Fsp3) is 0.316. The van der Waals surface area contributed by atoms with Crippen molar-refractivity contribution in [3.8, 4) is 11.5 Å². The molecule has 2 aromatic rings. The van der Waals surface area contributed by atoms with Crippen molar-refractivity contribution in [1.82, 2.24) is 5.32 Å². The number of nitrogens with one attached hydrogen (secondary N) is 1. The van der Waals surface area contributed by atoms with Gasteiger partial charge in [0, 0.05) is 15.7 Å². The molecule has 1 unspecified atom stereocenters. The number of methoxy groups -OCH3 is 1. The molecule has 0 heterocycles. The number of nitro groups is 1. The van der Waals surface area contributed by atoms with Crippen molar-refractivity contribution in [3.05, 3.63) is 61.2 Å². The van der Waals surface area contributed by atoms with Gasteiger partial charge in [-0.1, -0.05) is 13.0 Å². The average Bonchev–Trinajstić information content (AvgIpc) is 2.66. The number of nitrogens with zero attached hydrogens (tertiary/aromatic N) is 1. The molecule has 2 rings (SSSR count). The Labute approximate surface area is 171 Å². The van der Waals surface area contributed by atoms with Gasteiger partial charge in [0.25, 0.3) is 11.6 Å². The molecule has 0 aliphatic heterocycles. The number of ether oxygens (including phenoxy) is 2. The van der Waals surface area contributed by atoms with Crippen LogP contribution in [-0.2, 0) is 0 Å². The number of hydrogen-bond acceptors (Lipinski definition) is 5. The van der Waals surface area contributed by atoms with Crippen molar-refractivity contribution < 1.29 is 19.2 Å². The van der Waals surface area contributed by atoms with E-state index in [9.17, 15) is 14.9 Å². The zero-order valence-electron chi connectivity index (χ0n) is 15.3. The monoisotopic (exact) mass is 484 g/mol. The lowest BCUT2D eigenvalue weighted by Crippen LogP contribution is -2.27. The molecule has 2 aromatic carbocycles. The maximum atomic E-state index is 12.6. The molecule has 0 spiro atoms. The van der Waals surface area contributed by atoms with E-state index in [0.717, 1.165) is 12.0 Å². The smallest absolute Gasteiger partial charge is 0.270 e. The molecule has 0 radical (unpaired) electrons. The van der Waals surface area contributed by atoms with E-state index in [4.69, 9.17) is 9.47 Å². The lowest BCUT2D eigenvalue weighted by molar-refractivity contribution is -0.384. The highest BCUT2D eigenvalue weighted by Gasteiger charge is 2.18. The van der Waals surface area contributed by atoms with E-state index >= 15 is 0 Å². The van der Waals surface area contributed by atoms with E-state index in [2.05, 4.69) is 5.32 Å². The van der Waals surface area contributed by atoms with Gasteiger partial charge >= 0.3 is 0 Å². The molecule has 0 aliphatic carbocycles. The quantitative estimate of drug-likeness (QED) is 0.339. The summed E-state index contributed by atoms with van der Waals surface area (Å²) in [5.41, 5.74) is 0.989. The number of hydrogen-bond donors (Lipinski definition) is 1. The van der Waals surface area contributed by atoms with Gasteiger partial charge in [0.05, 0.1) is 30.2 Å². The Balaban J connectivity index is 2.19. The zero-order valence-corrected chi connectivity index (χ0v) is 17.5. The Bertz CT molecular complexity index is 841. The van der Waals surface area contributed by atoms with Crippen LogP contribution in [0, 0.1) is 13.7 Å². The molecule has 0 aliphatic rings. The Hall–Kier alpha value is -2.36. The first kappa shape index (κ1) is 20.9. The highest BCUT2D eigenvalue weighted by molar-refractivity contribution is 14.1. The van der Waals surface area contributed by atoms with E-state index in [0.29, 0.717) is 21.7 Å². The minimum absolute atomic E-state index is 0.118. The van der Waals surface area contributed by atoms with Crippen LogP contribution in [0.25, 0.3) is 0 Å². The fourth-order valence-corrected chi connectivity index (χ4v) is 3.02. The normalized spacial score (nSPS) is 11.6. The summed E-state index contributed by atoms with van der Waals surface area (Å²) in [7, 11) is 1.56.